The van der Waals surface area contributed by atoms with Crippen molar-refractivity contribution in [3.05, 3.63) is 37.1 Å². The van der Waals surface area contributed by atoms with Gasteiger partial charge in [-0.15, -0.1) is 0 Å². The smallest absolute Gasteiger partial charge is 0.405 e. The molecule has 0 saturated heterocycles. The van der Waals surface area contributed by atoms with Crippen molar-refractivity contribution in [2.75, 3.05) is 0 Å². The normalized spacial score (nSPS) is 10.7. The second-order valence-corrected chi connectivity index (χ2v) is 3.71. The van der Waals surface area contributed by atoms with Gasteiger partial charge in [0.15, 0.2) is 5.75 Å². The van der Waals surface area contributed by atoms with Gasteiger partial charge in [0.1, 0.15) is 0 Å². The lowest BCUT2D eigenvalue weighted by molar-refractivity contribution is 0.200. The predicted octanol–water partition coefficient (Wildman–Crippen LogP) is 1.21. The van der Waals surface area contributed by atoms with Gasteiger partial charge in [0.2, 0.25) is 0 Å². The Kier molecular flexibility index (Phi) is 2.30. The maximum Gasteiger partial charge on any atom is 0.440 e. The van der Waals surface area contributed by atoms with Gasteiger partial charge in [-0.05, 0) is 6.07 Å². The van der Waals surface area contributed by atoms with Gasteiger partial charge in [-0.2, -0.15) is 14.9 Å². The lowest BCUT2D eigenvalue weighted by Crippen LogP contribution is -2.17. The molecule has 0 saturated carbocycles. The minimum absolute atomic E-state index is 0.370. The van der Waals surface area contributed by atoms with Crippen molar-refractivity contribution in [1.29, 1.82) is 0 Å². The van der Waals surface area contributed by atoms with Crippen LogP contribution in [0.1, 0.15) is 0 Å². The van der Waals surface area contributed by atoms with E-state index in [1.54, 1.807) is 42.6 Å². The Labute approximate surface area is 102 Å². The van der Waals surface area contributed by atoms with Crippen LogP contribution in [-0.2, 0) is 7.05 Å². The zero-order valence-electron chi connectivity index (χ0n) is 9.52. The molecule has 0 unspecified atom stereocenters. The van der Waals surface area contributed by atoms with Gasteiger partial charge in [-0.1, -0.05) is 0 Å². The fourth-order valence-corrected chi connectivity index (χ4v) is 1.61. The van der Waals surface area contributed by atoms with Crippen LogP contribution in [0.25, 0.3) is 10.9 Å². The predicted molar refractivity (Wildman–Crippen MR) is 62.2 cm³/mol. The van der Waals surface area contributed by atoms with Gasteiger partial charge < -0.3 is 4.74 Å². The van der Waals surface area contributed by atoms with Crippen molar-refractivity contribution >= 4 is 17.0 Å². The van der Waals surface area contributed by atoms with Crippen LogP contribution in [0.4, 0.5) is 4.79 Å². The number of aryl methyl sites for hydroxylation is 1. The summed E-state index contributed by atoms with van der Waals surface area (Å²) in [5, 5.41) is 8.71. The average Bonchev–Trinajstić information content (AvgIpc) is 2.95. The lowest BCUT2D eigenvalue weighted by atomic mass is 10.3. The Balaban J connectivity index is 1.92. The summed E-state index contributed by atoms with van der Waals surface area (Å²) in [7, 11) is 1.74. The highest BCUT2D eigenvalue weighted by atomic mass is 16.6. The first kappa shape index (κ1) is 10.5. The van der Waals surface area contributed by atoms with E-state index in [0.29, 0.717) is 11.3 Å². The minimum atomic E-state index is -0.592. The standard InChI is InChI=1S/C11H9N5O2/c1-15-7-9(5-13-15)18-11(17)16-10-6-12-3-2-8(10)4-14-16/h2-7H,1H3. The van der Waals surface area contributed by atoms with Gasteiger partial charge >= 0.3 is 6.09 Å². The van der Waals surface area contributed by atoms with Gasteiger partial charge in [-0.25, -0.2) is 4.79 Å². The number of carbonyl (C=O) groups excluding carboxylic acids is 1. The molecule has 18 heavy (non-hydrogen) atoms. The topological polar surface area (TPSA) is 74.8 Å². The molecule has 0 radical (unpaired) electrons. The average molecular weight is 243 g/mol. The number of pyridine rings is 1. The fourth-order valence-electron chi connectivity index (χ4n) is 1.61. The number of fused-ring (bicyclic) bond motifs is 1. The SMILES string of the molecule is Cn1cc(OC(=O)n2ncc3ccncc32)cn1. The molecule has 0 atom stereocenters. The number of rotatable bonds is 1. The molecule has 0 fully saturated rings. The molecular formula is C11H9N5O2. The molecule has 0 aromatic carbocycles. The second kappa shape index (κ2) is 3.95. The monoisotopic (exact) mass is 243 g/mol. The van der Waals surface area contributed by atoms with Crippen LogP contribution in [0.5, 0.6) is 5.75 Å². The molecule has 7 heteroatoms. The molecule has 7 nitrogen and oxygen atoms in total. The fraction of sp³-hybridized carbons (Fsp3) is 0.0909. The second-order valence-electron chi connectivity index (χ2n) is 3.71. The maximum absolute atomic E-state index is 11.9. The van der Waals surface area contributed by atoms with Gasteiger partial charge in [0.05, 0.1) is 30.3 Å². The van der Waals surface area contributed by atoms with Crippen LogP contribution in [0.15, 0.2) is 37.1 Å². The van der Waals surface area contributed by atoms with E-state index in [-0.39, 0.29) is 0 Å². The van der Waals surface area contributed by atoms with Crippen molar-refractivity contribution in [2.24, 2.45) is 7.05 Å². The Bertz CT molecular complexity index is 715. The maximum atomic E-state index is 11.9. The van der Waals surface area contributed by atoms with Crippen molar-refractivity contribution in [2.45, 2.75) is 0 Å². The van der Waals surface area contributed by atoms with E-state index < -0.39 is 6.09 Å². The number of carbonyl (C=O) groups is 1. The quantitative estimate of drug-likeness (QED) is 0.642. The number of ether oxygens (including phenoxy) is 1. The summed E-state index contributed by atoms with van der Waals surface area (Å²) < 4.78 is 7.85. The van der Waals surface area contributed by atoms with E-state index in [0.717, 1.165) is 10.1 Å². The molecule has 3 aromatic rings. The Hall–Kier alpha value is -2.70. The highest BCUT2D eigenvalue weighted by Gasteiger charge is 2.13. The molecule has 0 bridgehead atoms. The van der Waals surface area contributed by atoms with Crippen molar-refractivity contribution in [3.8, 4) is 5.75 Å². The van der Waals surface area contributed by atoms with Crippen LogP contribution < -0.4 is 4.74 Å². The number of hydrogen-bond donors (Lipinski definition) is 0. The molecule has 3 heterocycles. The molecule has 0 aliphatic rings. The highest BCUT2D eigenvalue weighted by Crippen LogP contribution is 2.13. The molecular weight excluding hydrogens is 234 g/mol. The van der Waals surface area contributed by atoms with E-state index in [9.17, 15) is 4.79 Å². The van der Waals surface area contributed by atoms with Crippen LogP contribution in [0.3, 0.4) is 0 Å². The number of hydrogen-bond acceptors (Lipinski definition) is 5. The van der Waals surface area contributed by atoms with Crippen molar-refractivity contribution in [3.63, 3.8) is 0 Å². The number of nitrogens with zero attached hydrogens (tertiary/aromatic N) is 5. The zero-order valence-corrected chi connectivity index (χ0v) is 9.52. The van der Waals surface area contributed by atoms with Gasteiger partial charge in [0.25, 0.3) is 0 Å². The highest BCUT2D eigenvalue weighted by molar-refractivity contribution is 5.87. The molecule has 3 rings (SSSR count). The van der Waals surface area contributed by atoms with E-state index >= 15 is 0 Å². The first-order valence-electron chi connectivity index (χ1n) is 5.22. The van der Waals surface area contributed by atoms with Crippen molar-refractivity contribution < 1.29 is 9.53 Å². The third-order valence-corrected chi connectivity index (χ3v) is 2.43. The first-order valence-corrected chi connectivity index (χ1v) is 5.22. The van der Waals surface area contributed by atoms with Crippen LogP contribution in [0.2, 0.25) is 0 Å². The molecule has 0 aliphatic heterocycles. The summed E-state index contributed by atoms with van der Waals surface area (Å²) in [6.45, 7) is 0. The molecule has 3 aromatic heterocycles. The van der Waals surface area contributed by atoms with Crippen LogP contribution >= 0.6 is 0 Å². The molecule has 0 N–H and O–H groups in total. The first-order chi connectivity index (χ1) is 8.74. The minimum Gasteiger partial charge on any atom is -0.405 e. The summed E-state index contributed by atoms with van der Waals surface area (Å²) in [5.74, 6) is 0.370. The van der Waals surface area contributed by atoms with Crippen LogP contribution in [0, 0.1) is 0 Å². The Morgan fingerprint density at radius 2 is 2.17 bits per heavy atom. The molecule has 90 valence electrons. The van der Waals surface area contributed by atoms with E-state index in [1.807, 2.05) is 0 Å². The van der Waals surface area contributed by atoms with Gasteiger partial charge in [0, 0.05) is 18.6 Å². The van der Waals surface area contributed by atoms with Gasteiger partial charge in [-0.3, -0.25) is 9.67 Å². The molecule has 0 amide bonds. The van der Waals surface area contributed by atoms with E-state index in [1.165, 1.54) is 6.20 Å². The summed E-state index contributed by atoms with van der Waals surface area (Å²) in [6.07, 6.45) is 7.25. The number of aromatic nitrogens is 5. The van der Waals surface area contributed by atoms with E-state index in [4.69, 9.17) is 4.74 Å². The summed E-state index contributed by atoms with van der Waals surface area (Å²) in [6, 6.07) is 1.77. The Morgan fingerprint density at radius 1 is 1.28 bits per heavy atom. The summed E-state index contributed by atoms with van der Waals surface area (Å²) in [4.78, 5) is 15.9. The van der Waals surface area contributed by atoms with E-state index in [2.05, 4.69) is 15.2 Å². The molecule has 0 spiro atoms. The lowest BCUT2D eigenvalue weighted by Gasteiger charge is -2.01. The van der Waals surface area contributed by atoms with Crippen LogP contribution in [-0.4, -0.2) is 30.6 Å². The van der Waals surface area contributed by atoms with Crippen molar-refractivity contribution in [1.82, 2.24) is 24.5 Å². The summed E-state index contributed by atoms with van der Waals surface area (Å²) in [5.41, 5.74) is 0.603. The largest absolute Gasteiger partial charge is 0.440 e. The third-order valence-electron chi connectivity index (χ3n) is 2.43. The third kappa shape index (κ3) is 1.71. The molecule has 0 aliphatic carbocycles. The summed E-state index contributed by atoms with van der Waals surface area (Å²) >= 11 is 0. The Morgan fingerprint density at radius 3 is 2.94 bits per heavy atom. The zero-order chi connectivity index (χ0) is 12.5.